The summed E-state index contributed by atoms with van der Waals surface area (Å²) in [5.41, 5.74) is 1.05. The summed E-state index contributed by atoms with van der Waals surface area (Å²) >= 11 is 1.57. The van der Waals surface area contributed by atoms with Gasteiger partial charge in [0.05, 0.1) is 29.1 Å². The van der Waals surface area contributed by atoms with Gasteiger partial charge in [-0.3, -0.25) is 14.3 Å². The number of hydrogen-bond acceptors (Lipinski definition) is 6. The van der Waals surface area contributed by atoms with E-state index >= 15 is 0 Å². The monoisotopic (exact) mass is 433 g/mol. The molecule has 0 spiro atoms. The zero-order valence-corrected chi connectivity index (χ0v) is 19.4. The highest BCUT2D eigenvalue weighted by Crippen LogP contribution is 2.34. The number of aromatic nitrogens is 2. The van der Waals surface area contributed by atoms with Gasteiger partial charge in [-0.05, 0) is 72.2 Å². The van der Waals surface area contributed by atoms with Gasteiger partial charge in [-0.15, -0.1) is 11.3 Å². The zero-order chi connectivity index (χ0) is 21.5. The lowest BCUT2D eigenvalue weighted by atomic mass is 9.96. The van der Waals surface area contributed by atoms with Crippen LogP contribution in [0.5, 0.6) is 0 Å². The van der Waals surface area contributed by atoms with Gasteiger partial charge in [0.25, 0.3) is 0 Å². The highest BCUT2D eigenvalue weighted by atomic mass is 32.1. The molecule has 2 aromatic heterocycles. The normalized spacial score (nSPS) is 21.0. The summed E-state index contributed by atoms with van der Waals surface area (Å²) < 4.78 is 7.18. The summed E-state index contributed by atoms with van der Waals surface area (Å²) in [5, 5.41) is 5.82. The van der Waals surface area contributed by atoms with Crippen LogP contribution in [0.15, 0.2) is 6.07 Å². The molecule has 1 atom stereocenters. The van der Waals surface area contributed by atoms with Crippen LogP contribution in [0, 0.1) is 12.8 Å². The minimum Gasteiger partial charge on any atom is -0.466 e. The fourth-order valence-electron chi connectivity index (χ4n) is 4.46. The minimum atomic E-state index is -0.00204. The number of nitrogens with zero attached hydrogens (tertiary/aromatic N) is 3. The maximum atomic E-state index is 11.4. The van der Waals surface area contributed by atoms with Gasteiger partial charge < -0.3 is 9.64 Å². The molecule has 2 aliphatic rings. The van der Waals surface area contributed by atoms with Crippen molar-refractivity contribution in [2.45, 2.75) is 71.3 Å². The van der Waals surface area contributed by atoms with Gasteiger partial charge in [-0.1, -0.05) is 19.3 Å². The first-order valence-corrected chi connectivity index (χ1v) is 12.1. The largest absolute Gasteiger partial charge is 0.466 e. The van der Waals surface area contributed by atoms with E-state index < -0.39 is 0 Å². The first kappa shape index (κ1) is 22.9. The van der Waals surface area contributed by atoms with Crippen molar-refractivity contribution >= 4 is 33.8 Å². The maximum absolute atomic E-state index is 11.4. The molecule has 1 aliphatic carbocycles. The van der Waals surface area contributed by atoms with Crippen molar-refractivity contribution in [3.8, 4) is 0 Å². The number of fused-ring (bicyclic) bond motifs is 1. The Morgan fingerprint density at radius 1 is 1.20 bits per heavy atom. The van der Waals surface area contributed by atoms with Crippen LogP contribution in [-0.4, -0.2) is 53.7 Å². The van der Waals surface area contributed by atoms with E-state index in [0.29, 0.717) is 12.6 Å². The average Bonchev–Trinajstić information content (AvgIpc) is 3.23. The zero-order valence-electron chi connectivity index (χ0n) is 18.6. The first-order chi connectivity index (χ1) is 14.5. The van der Waals surface area contributed by atoms with Gasteiger partial charge in [0.15, 0.2) is 6.29 Å². The number of ether oxygens (including phenoxy) is 1. The van der Waals surface area contributed by atoms with Crippen molar-refractivity contribution in [3.63, 3.8) is 0 Å². The minimum absolute atomic E-state index is 0.00204. The number of likely N-dealkylation sites (tertiary alicyclic amines) is 1. The molecule has 0 bridgehead atoms. The quantitative estimate of drug-likeness (QED) is 0.501. The molecule has 0 aromatic carbocycles. The summed E-state index contributed by atoms with van der Waals surface area (Å²) in [6.45, 7) is 6.52. The Hall–Kier alpha value is -1.73. The van der Waals surface area contributed by atoms with Crippen molar-refractivity contribution in [1.29, 1.82) is 0 Å². The second kappa shape index (κ2) is 11.0. The first-order valence-electron chi connectivity index (χ1n) is 11.3. The van der Waals surface area contributed by atoms with E-state index in [-0.39, 0.29) is 11.9 Å². The number of carbonyl (C=O) groups excluding carboxylic acids is 2. The molecule has 166 valence electrons. The molecular weight excluding hydrogens is 398 g/mol. The van der Waals surface area contributed by atoms with Crippen molar-refractivity contribution in [2.75, 3.05) is 26.7 Å². The topological polar surface area (TPSA) is 64.4 Å². The van der Waals surface area contributed by atoms with Crippen LogP contribution in [-0.2, 0) is 9.53 Å². The Morgan fingerprint density at radius 3 is 2.67 bits per heavy atom. The molecule has 3 heterocycles. The summed E-state index contributed by atoms with van der Waals surface area (Å²) in [6, 6.07) is 2.51. The molecule has 1 saturated heterocycles. The molecule has 0 N–H and O–H groups in total. The lowest BCUT2D eigenvalue weighted by molar-refractivity contribution is -0.148. The molecule has 30 heavy (non-hydrogen) atoms. The SMILES string of the molecule is CCOC(=O)C1CCCN(C)CC1.Cc1nn(C2CCCCC2)c2sc(C=O)cc12. The molecule has 1 unspecified atom stereocenters. The second-order valence-electron chi connectivity index (χ2n) is 8.49. The van der Waals surface area contributed by atoms with E-state index in [1.807, 2.05) is 19.9 Å². The number of carbonyl (C=O) groups is 2. The summed E-state index contributed by atoms with van der Waals surface area (Å²) in [6.07, 6.45) is 10.4. The van der Waals surface area contributed by atoms with E-state index in [1.165, 1.54) is 36.9 Å². The number of rotatable bonds is 4. The number of hydrogen-bond donors (Lipinski definition) is 0. The predicted molar refractivity (Wildman–Crippen MR) is 121 cm³/mol. The van der Waals surface area contributed by atoms with Gasteiger partial charge in [0, 0.05) is 5.39 Å². The van der Waals surface area contributed by atoms with Crippen LogP contribution in [0.3, 0.4) is 0 Å². The third-order valence-electron chi connectivity index (χ3n) is 6.20. The molecular formula is C23H35N3O3S. The highest BCUT2D eigenvalue weighted by molar-refractivity contribution is 7.20. The lowest BCUT2D eigenvalue weighted by Crippen LogP contribution is -2.21. The van der Waals surface area contributed by atoms with Crippen molar-refractivity contribution in [2.24, 2.45) is 5.92 Å². The van der Waals surface area contributed by atoms with E-state index in [0.717, 1.165) is 54.6 Å². The van der Waals surface area contributed by atoms with Gasteiger partial charge in [-0.25, -0.2) is 0 Å². The maximum Gasteiger partial charge on any atom is 0.308 e. The lowest BCUT2D eigenvalue weighted by Gasteiger charge is -2.22. The number of aryl methyl sites for hydroxylation is 1. The van der Waals surface area contributed by atoms with Crippen LogP contribution in [0.2, 0.25) is 0 Å². The molecule has 2 aromatic rings. The summed E-state index contributed by atoms with van der Waals surface area (Å²) in [4.78, 5) is 26.5. The molecule has 2 fully saturated rings. The van der Waals surface area contributed by atoms with E-state index in [1.54, 1.807) is 11.3 Å². The molecule has 0 radical (unpaired) electrons. The summed E-state index contributed by atoms with van der Waals surface area (Å²) in [7, 11) is 2.10. The number of aldehydes is 1. The molecule has 1 saturated carbocycles. The van der Waals surface area contributed by atoms with Crippen molar-refractivity contribution in [3.05, 3.63) is 16.6 Å². The molecule has 1 aliphatic heterocycles. The Morgan fingerprint density at radius 2 is 1.97 bits per heavy atom. The Kier molecular flexibility index (Phi) is 8.45. The van der Waals surface area contributed by atoms with Crippen LogP contribution in [0.1, 0.15) is 79.7 Å². The third-order valence-corrected chi connectivity index (χ3v) is 7.25. The fourth-order valence-corrected chi connectivity index (χ4v) is 5.51. The average molecular weight is 434 g/mol. The fraction of sp³-hybridized carbons (Fsp3) is 0.696. The van der Waals surface area contributed by atoms with E-state index in [2.05, 4.69) is 21.7 Å². The molecule has 7 heteroatoms. The third kappa shape index (κ3) is 5.70. The Labute approximate surface area is 183 Å². The Balaban J connectivity index is 0.000000178. The van der Waals surface area contributed by atoms with Crippen LogP contribution in [0.4, 0.5) is 0 Å². The molecule has 4 rings (SSSR count). The van der Waals surface area contributed by atoms with Gasteiger partial charge >= 0.3 is 5.97 Å². The highest BCUT2D eigenvalue weighted by Gasteiger charge is 2.22. The second-order valence-corrected chi connectivity index (χ2v) is 9.55. The summed E-state index contributed by atoms with van der Waals surface area (Å²) in [5.74, 6) is 0.141. The van der Waals surface area contributed by atoms with Crippen molar-refractivity contribution in [1.82, 2.24) is 14.7 Å². The van der Waals surface area contributed by atoms with Crippen molar-refractivity contribution < 1.29 is 14.3 Å². The van der Waals surface area contributed by atoms with Gasteiger partial charge in [0.1, 0.15) is 4.83 Å². The smallest absolute Gasteiger partial charge is 0.308 e. The van der Waals surface area contributed by atoms with Gasteiger partial charge in [-0.2, -0.15) is 5.10 Å². The Bertz CT molecular complexity index is 838. The number of thiophene rings is 1. The number of esters is 1. The van der Waals surface area contributed by atoms with E-state index in [4.69, 9.17) is 4.74 Å². The van der Waals surface area contributed by atoms with Crippen LogP contribution in [0.25, 0.3) is 10.2 Å². The molecule has 6 nitrogen and oxygen atoms in total. The predicted octanol–water partition coefficient (Wildman–Crippen LogP) is 5.01. The standard InChI is InChI=1S/C13H16N2OS.C10H19NO2/c1-9-12-7-11(8-16)17-13(12)15(14-9)10-5-3-2-4-6-10;1-3-13-10(12)9-5-4-7-11(2)8-6-9/h7-8,10H,2-6H2,1H3;9H,3-8H2,1-2H3. The molecule has 0 amide bonds. The van der Waals surface area contributed by atoms with Crippen LogP contribution >= 0.6 is 11.3 Å². The van der Waals surface area contributed by atoms with Gasteiger partial charge in [0.2, 0.25) is 0 Å². The van der Waals surface area contributed by atoms with Crippen LogP contribution < -0.4 is 0 Å². The van der Waals surface area contributed by atoms with E-state index in [9.17, 15) is 9.59 Å².